The van der Waals surface area contributed by atoms with E-state index >= 15 is 0 Å². The van der Waals surface area contributed by atoms with Gasteiger partial charge in [0.25, 0.3) is 5.95 Å². The largest absolute Gasteiger partial charge is 0.443 e. The zero-order valence-corrected chi connectivity index (χ0v) is 23.4. The number of fused-ring (bicyclic) bond motifs is 1. The van der Waals surface area contributed by atoms with Crippen molar-refractivity contribution in [3.8, 4) is 0 Å². The van der Waals surface area contributed by atoms with Crippen LogP contribution < -0.4 is 9.80 Å². The third kappa shape index (κ3) is 6.93. The molecule has 42 heavy (non-hydrogen) atoms. The maximum atomic E-state index is 14.3. The van der Waals surface area contributed by atoms with Crippen molar-refractivity contribution in [1.82, 2.24) is 20.2 Å². The maximum absolute atomic E-state index is 14.3. The van der Waals surface area contributed by atoms with Gasteiger partial charge in [0.05, 0.1) is 29.9 Å². The summed E-state index contributed by atoms with van der Waals surface area (Å²) in [5, 5.41) is 12.0. The fourth-order valence-corrected chi connectivity index (χ4v) is 4.89. The van der Waals surface area contributed by atoms with Gasteiger partial charge in [0, 0.05) is 13.1 Å². The lowest BCUT2D eigenvalue weighted by molar-refractivity contribution is -0.138. The maximum Gasteiger partial charge on any atom is 0.416 e. The predicted molar refractivity (Wildman–Crippen MR) is 138 cm³/mol. The van der Waals surface area contributed by atoms with Crippen LogP contribution in [0.4, 0.5) is 47.2 Å². The topological polar surface area (TPSA) is 76.4 Å². The lowest BCUT2D eigenvalue weighted by Crippen LogP contribution is -2.37. The van der Waals surface area contributed by atoms with E-state index in [2.05, 4.69) is 15.4 Å². The van der Waals surface area contributed by atoms with Gasteiger partial charge in [-0.05, 0) is 86.7 Å². The molecule has 4 rings (SSSR count). The molecule has 8 nitrogen and oxygen atoms in total. The van der Waals surface area contributed by atoms with Crippen molar-refractivity contribution in [2.45, 2.75) is 71.1 Å². The summed E-state index contributed by atoms with van der Waals surface area (Å²) in [4.78, 5) is 16.9. The van der Waals surface area contributed by atoms with E-state index in [-0.39, 0.29) is 54.3 Å². The summed E-state index contributed by atoms with van der Waals surface area (Å²) >= 11 is 0. The minimum absolute atomic E-state index is 0.00129. The number of tetrazole rings is 1. The van der Waals surface area contributed by atoms with E-state index in [0.717, 1.165) is 27.9 Å². The summed E-state index contributed by atoms with van der Waals surface area (Å²) in [5.74, 6) is -1.16. The molecule has 1 amide bonds. The Morgan fingerprint density at radius 2 is 1.74 bits per heavy atom. The molecular weight excluding hydrogens is 573 g/mol. The van der Waals surface area contributed by atoms with Gasteiger partial charge in [-0.3, -0.25) is 4.90 Å². The van der Waals surface area contributed by atoms with E-state index in [4.69, 9.17) is 4.74 Å². The van der Waals surface area contributed by atoms with Gasteiger partial charge in [-0.2, -0.15) is 31.1 Å². The highest BCUT2D eigenvalue weighted by molar-refractivity contribution is 5.90. The van der Waals surface area contributed by atoms with Crippen molar-refractivity contribution < 1.29 is 40.3 Å². The molecule has 0 bridgehead atoms. The fourth-order valence-electron chi connectivity index (χ4n) is 4.89. The number of halogens is 7. The normalized spacial score (nSPS) is 16.2. The molecule has 2 heterocycles. The summed E-state index contributed by atoms with van der Waals surface area (Å²) < 4.78 is 102. The Bertz CT molecular complexity index is 1460. The molecule has 3 aromatic rings. The monoisotopic (exact) mass is 602 g/mol. The zero-order chi connectivity index (χ0) is 31.2. The predicted octanol–water partition coefficient (Wildman–Crippen LogP) is 6.98. The SMILES string of the molecule is Cc1cc2c(cc1C(F)(F)F)N(C(=O)OC(C)(C)C)CCCC2N(Cc1cc(F)cc(C(F)(F)F)c1)c1nnn(C)n1. The van der Waals surface area contributed by atoms with Crippen molar-refractivity contribution >= 4 is 17.7 Å². The van der Waals surface area contributed by atoms with Crippen LogP contribution in [0.5, 0.6) is 0 Å². The lowest BCUT2D eigenvalue weighted by atomic mass is 9.94. The van der Waals surface area contributed by atoms with Crippen LogP contribution in [-0.2, 0) is 30.7 Å². The quantitative estimate of drug-likeness (QED) is 0.300. The van der Waals surface area contributed by atoms with Crippen LogP contribution in [0.2, 0.25) is 0 Å². The van der Waals surface area contributed by atoms with Crippen LogP contribution in [-0.4, -0.2) is 38.4 Å². The van der Waals surface area contributed by atoms with Crippen LogP contribution in [0, 0.1) is 12.7 Å². The third-order valence-corrected chi connectivity index (χ3v) is 6.57. The standard InChI is InChI=1S/C27H29F7N6O2/c1-15-9-19-21(7-6-8-39(24(41)42-25(2,3)4)22(19)13-20(15)27(32,33)34)40(23-35-37-38(5)36-23)14-16-10-17(26(29,30)31)12-18(28)11-16/h9-13,21H,6-8,14H2,1-5H3. The summed E-state index contributed by atoms with van der Waals surface area (Å²) in [5.41, 5.74) is -3.11. The summed E-state index contributed by atoms with van der Waals surface area (Å²) in [7, 11) is 1.46. The molecule has 1 unspecified atom stereocenters. The number of hydrogen-bond acceptors (Lipinski definition) is 6. The van der Waals surface area contributed by atoms with Gasteiger partial charge in [0.2, 0.25) is 0 Å². The van der Waals surface area contributed by atoms with Gasteiger partial charge in [-0.1, -0.05) is 11.2 Å². The van der Waals surface area contributed by atoms with E-state index in [0.29, 0.717) is 6.07 Å². The van der Waals surface area contributed by atoms with Crippen molar-refractivity contribution in [2.75, 3.05) is 16.3 Å². The minimum atomic E-state index is -4.82. The number of carbonyl (C=O) groups excluding carboxylic acids is 1. The number of benzene rings is 2. The average molecular weight is 603 g/mol. The van der Waals surface area contributed by atoms with E-state index in [9.17, 15) is 35.5 Å². The number of alkyl halides is 6. The molecule has 0 radical (unpaired) electrons. The number of amides is 1. The van der Waals surface area contributed by atoms with Gasteiger partial charge in [-0.25, -0.2) is 9.18 Å². The Labute approximate surface area is 237 Å². The lowest BCUT2D eigenvalue weighted by Gasteiger charge is -2.33. The second kappa shape index (κ2) is 11.1. The molecule has 0 saturated carbocycles. The van der Waals surface area contributed by atoms with Gasteiger partial charge in [-0.15, -0.1) is 5.10 Å². The number of ether oxygens (including phenoxy) is 1. The highest BCUT2D eigenvalue weighted by Gasteiger charge is 2.39. The highest BCUT2D eigenvalue weighted by Crippen LogP contribution is 2.44. The fraction of sp³-hybridized carbons (Fsp3) is 0.481. The molecule has 1 aliphatic heterocycles. The molecular formula is C27H29F7N6O2. The minimum Gasteiger partial charge on any atom is -0.443 e. The van der Waals surface area contributed by atoms with E-state index in [1.54, 1.807) is 20.8 Å². The van der Waals surface area contributed by atoms with E-state index in [1.165, 1.54) is 24.9 Å². The molecule has 2 aromatic carbocycles. The first-order valence-electron chi connectivity index (χ1n) is 12.9. The van der Waals surface area contributed by atoms with Crippen LogP contribution in [0.25, 0.3) is 0 Å². The van der Waals surface area contributed by atoms with Crippen LogP contribution in [0.1, 0.15) is 67.5 Å². The summed E-state index contributed by atoms with van der Waals surface area (Å²) in [6.07, 6.45) is -9.91. The first-order chi connectivity index (χ1) is 19.3. The molecule has 15 heteroatoms. The van der Waals surface area contributed by atoms with Gasteiger partial charge < -0.3 is 9.64 Å². The molecule has 0 fully saturated rings. The molecule has 1 aromatic heterocycles. The number of rotatable bonds is 4. The number of carbonyl (C=O) groups is 1. The first-order valence-corrected chi connectivity index (χ1v) is 12.9. The summed E-state index contributed by atoms with van der Waals surface area (Å²) in [6.45, 7) is 5.80. The van der Waals surface area contributed by atoms with Crippen molar-refractivity contribution in [1.29, 1.82) is 0 Å². The average Bonchev–Trinajstić information content (AvgIpc) is 3.17. The smallest absolute Gasteiger partial charge is 0.416 e. The Morgan fingerprint density at radius 1 is 1.05 bits per heavy atom. The first kappa shape index (κ1) is 31.0. The van der Waals surface area contributed by atoms with E-state index < -0.39 is 47.0 Å². The molecule has 0 saturated heterocycles. The third-order valence-electron chi connectivity index (χ3n) is 6.57. The highest BCUT2D eigenvalue weighted by atomic mass is 19.4. The van der Waals surface area contributed by atoms with Gasteiger partial charge in [0.1, 0.15) is 11.4 Å². The van der Waals surface area contributed by atoms with Crippen molar-refractivity contribution in [3.05, 3.63) is 64.0 Å². The van der Waals surface area contributed by atoms with Crippen LogP contribution in [0.3, 0.4) is 0 Å². The molecule has 0 N–H and O–H groups in total. The number of anilines is 2. The Morgan fingerprint density at radius 3 is 2.31 bits per heavy atom. The molecule has 1 aliphatic rings. The molecule has 0 spiro atoms. The van der Waals surface area contributed by atoms with Gasteiger partial charge in [0.15, 0.2) is 0 Å². The zero-order valence-electron chi connectivity index (χ0n) is 23.4. The number of nitrogens with zero attached hydrogens (tertiary/aromatic N) is 6. The molecule has 0 aliphatic carbocycles. The Balaban J connectivity index is 1.89. The second-order valence-electron chi connectivity index (χ2n) is 11.1. The number of aryl methyl sites for hydroxylation is 2. The summed E-state index contributed by atoms with van der Waals surface area (Å²) in [6, 6.07) is 3.42. The molecule has 1 atom stereocenters. The number of aromatic nitrogens is 4. The number of hydrogen-bond donors (Lipinski definition) is 0. The van der Waals surface area contributed by atoms with Crippen LogP contribution in [0.15, 0.2) is 30.3 Å². The second-order valence-corrected chi connectivity index (χ2v) is 11.1. The van der Waals surface area contributed by atoms with Gasteiger partial charge >= 0.3 is 18.4 Å². The van der Waals surface area contributed by atoms with E-state index in [1.807, 2.05) is 0 Å². The Hall–Kier alpha value is -3.91. The van der Waals surface area contributed by atoms with Crippen molar-refractivity contribution in [3.63, 3.8) is 0 Å². The molecule has 228 valence electrons. The van der Waals surface area contributed by atoms with Crippen molar-refractivity contribution in [2.24, 2.45) is 7.05 Å². The Kier molecular flexibility index (Phi) is 8.17. The van der Waals surface area contributed by atoms with Crippen LogP contribution >= 0.6 is 0 Å².